The summed E-state index contributed by atoms with van der Waals surface area (Å²) < 4.78 is 41.6. The first kappa shape index (κ1) is 25.3. The minimum Gasteiger partial charge on any atom is -0.355 e. The molecule has 1 atom stereocenters. The standard InChI is InChI=1S/C25H28FN3O4S/c1-4-27-25(31)18(2)29(16-21-11-7-8-12-23(21)26)24(30)17-28(3)34(32,33)22-14-13-19-9-5-6-10-20(19)15-22/h5-15,18H,4,16-17H2,1-3H3,(H,27,31)/t18-/m0/s1. The Bertz CT molecular complexity index is 1300. The lowest BCUT2D eigenvalue weighted by atomic mass is 10.1. The van der Waals surface area contributed by atoms with Crippen LogP contribution in [0.5, 0.6) is 0 Å². The lowest BCUT2D eigenvalue weighted by Crippen LogP contribution is -2.50. The topological polar surface area (TPSA) is 86.8 Å². The molecule has 0 aromatic heterocycles. The van der Waals surface area contributed by atoms with Gasteiger partial charge in [-0.1, -0.05) is 48.5 Å². The van der Waals surface area contributed by atoms with Crippen molar-refractivity contribution in [3.8, 4) is 0 Å². The van der Waals surface area contributed by atoms with Crippen LogP contribution in [0.4, 0.5) is 4.39 Å². The van der Waals surface area contributed by atoms with Crippen LogP contribution in [-0.2, 0) is 26.2 Å². The number of nitrogens with zero attached hydrogens (tertiary/aromatic N) is 2. The van der Waals surface area contributed by atoms with Gasteiger partial charge in [0.15, 0.2) is 0 Å². The van der Waals surface area contributed by atoms with Gasteiger partial charge in [-0.2, -0.15) is 4.31 Å². The predicted octanol–water partition coefficient (Wildman–Crippen LogP) is 3.15. The van der Waals surface area contributed by atoms with Gasteiger partial charge >= 0.3 is 0 Å². The van der Waals surface area contributed by atoms with E-state index in [1.165, 1.54) is 43.1 Å². The maximum Gasteiger partial charge on any atom is 0.243 e. The van der Waals surface area contributed by atoms with E-state index < -0.39 is 40.2 Å². The molecule has 34 heavy (non-hydrogen) atoms. The number of fused-ring (bicyclic) bond motifs is 1. The van der Waals surface area contributed by atoms with Crippen molar-refractivity contribution in [1.82, 2.24) is 14.5 Å². The summed E-state index contributed by atoms with van der Waals surface area (Å²) in [6, 6.07) is 17.1. The summed E-state index contributed by atoms with van der Waals surface area (Å²) in [5.41, 5.74) is 0.229. The Hall–Kier alpha value is -3.30. The van der Waals surface area contributed by atoms with Gasteiger partial charge in [0.1, 0.15) is 11.9 Å². The number of rotatable bonds is 9. The Kier molecular flexibility index (Phi) is 8.01. The quantitative estimate of drug-likeness (QED) is 0.505. The van der Waals surface area contributed by atoms with Gasteiger partial charge in [-0.05, 0) is 42.8 Å². The Balaban J connectivity index is 1.86. The monoisotopic (exact) mass is 485 g/mol. The molecule has 0 spiro atoms. The summed E-state index contributed by atoms with van der Waals surface area (Å²) in [4.78, 5) is 26.9. The van der Waals surface area contributed by atoms with Crippen molar-refractivity contribution in [3.63, 3.8) is 0 Å². The van der Waals surface area contributed by atoms with E-state index in [0.29, 0.717) is 6.54 Å². The highest BCUT2D eigenvalue weighted by atomic mass is 32.2. The van der Waals surface area contributed by atoms with Crippen LogP contribution in [0.1, 0.15) is 19.4 Å². The number of amides is 2. The van der Waals surface area contributed by atoms with Crippen molar-refractivity contribution in [3.05, 3.63) is 78.1 Å². The molecule has 0 aliphatic carbocycles. The average Bonchev–Trinajstić information content (AvgIpc) is 2.82. The van der Waals surface area contributed by atoms with Crippen molar-refractivity contribution in [2.45, 2.75) is 31.3 Å². The van der Waals surface area contributed by atoms with Crippen LogP contribution in [0.15, 0.2) is 71.6 Å². The van der Waals surface area contributed by atoms with Gasteiger partial charge in [0.05, 0.1) is 11.4 Å². The first-order valence-electron chi connectivity index (χ1n) is 10.9. The van der Waals surface area contributed by atoms with Gasteiger partial charge in [-0.3, -0.25) is 9.59 Å². The minimum absolute atomic E-state index is 0.0546. The molecule has 0 saturated heterocycles. The molecule has 3 rings (SSSR count). The van der Waals surface area contributed by atoms with Gasteiger partial charge in [-0.15, -0.1) is 0 Å². The lowest BCUT2D eigenvalue weighted by molar-refractivity contribution is -0.140. The number of carbonyl (C=O) groups excluding carboxylic acids is 2. The van der Waals surface area contributed by atoms with E-state index in [0.717, 1.165) is 15.1 Å². The molecule has 0 bridgehead atoms. The number of likely N-dealkylation sites (N-methyl/N-ethyl adjacent to an activating group) is 2. The molecule has 3 aromatic carbocycles. The van der Waals surface area contributed by atoms with Gasteiger partial charge < -0.3 is 10.2 Å². The van der Waals surface area contributed by atoms with Crippen LogP contribution in [0.3, 0.4) is 0 Å². The van der Waals surface area contributed by atoms with E-state index in [4.69, 9.17) is 0 Å². The molecule has 0 aliphatic rings. The lowest BCUT2D eigenvalue weighted by Gasteiger charge is -2.30. The van der Waals surface area contributed by atoms with Crippen molar-refractivity contribution in [2.75, 3.05) is 20.1 Å². The molecular weight excluding hydrogens is 457 g/mol. The van der Waals surface area contributed by atoms with E-state index in [1.807, 2.05) is 24.3 Å². The zero-order valence-corrected chi connectivity index (χ0v) is 20.2. The largest absolute Gasteiger partial charge is 0.355 e. The molecule has 0 heterocycles. The van der Waals surface area contributed by atoms with E-state index >= 15 is 0 Å². The summed E-state index contributed by atoms with van der Waals surface area (Å²) in [6.07, 6.45) is 0. The van der Waals surface area contributed by atoms with Crippen molar-refractivity contribution in [1.29, 1.82) is 0 Å². The van der Waals surface area contributed by atoms with Gasteiger partial charge in [-0.25, -0.2) is 12.8 Å². The van der Waals surface area contributed by atoms with Crippen LogP contribution < -0.4 is 5.32 Å². The number of halogens is 1. The fourth-order valence-electron chi connectivity index (χ4n) is 3.59. The summed E-state index contributed by atoms with van der Waals surface area (Å²) in [6.45, 7) is 2.96. The number of hydrogen-bond acceptors (Lipinski definition) is 4. The molecule has 7 nitrogen and oxygen atoms in total. The third-order valence-corrected chi connectivity index (χ3v) is 7.40. The average molecular weight is 486 g/mol. The molecule has 0 saturated carbocycles. The maximum atomic E-state index is 14.3. The predicted molar refractivity (Wildman–Crippen MR) is 129 cm³/mol. The summed E-state index contributed by atoms with van der Waals surface area (Å²) >= 11 is 0. The second-order valence-corrected chi connectivity index (χ2v) is 10.00. The Labute approximate surface area is 199 Å². The summed E-state index contributed by atoms with van der Waals surface area (Å²) in [5.74, 6) is -1.54. The molecule has 0 radical (unpaired) electrons. The van der Waals surface area contributed by atoms with E-state index in [9.17, 15) is 22.4 Å². The first-order valence-corrected chi connectivity index (χ1v) is 12.3. The molecule has 1 N–H and O–H groups in total. The van der Waals surface area contributed by atoms with Gasteiger partial charge in [0.2, 0.25) is 21.8 Å². The Morgan fingerprint density at radius 3 is 2.32 bits per heavy atom. The minimum atomic E-state index is -3.99. The second kappa shape index (κ2) is 10.8. The fourth-order valence-corrected chi connectivity index (χ4v) is 4.74. The zero-order valence-electron chi connectivity index (χ0n) is 19.4. The third kappa shape index (κ3) is 5.60. The fraction of sp³-hybridized carbons (Fsp3) is 0.280. The van der Waals surface area contributed by atoms with E-state index in [1.54, 1.807) is 25.1 Å². The molecule has 3 aromatic rings. The first-order chi connectivity index (χ1) is 16.1. The number of nitrogens with one attached hydrogen (secondary N) is 1. The number of carbonyl (C=O) groups is 2. The summed E-state index contributed by atoms with van der Waals surface area (Å²) in [5, 5.41) is 4.30. The molecule has 0 aliphatic heterocycles. The number of sulfonamides is 1. The second-order valence-electron chi connectivity index (χ2n) is 7.95. The van der Waals surface area contributed by atoms with Crippen LogP contribution in [0, 0.1) is 5.82 Å². The molecular formula is C25H28FN3O4S. The zero-order chi connectivity index (χ0) is 24.9. The van der Waals surface area contributed by atoms with Crippen molar-refractivity contribution >= 4 is 32.6 Å². The van der Waals surface area contributed by atoms with Gasteiger partial charge in [0, 0.05) is 25.7 Å². The number of hydrogen-bond donors (Lipinski definition) is 1. The van der Waals surface area contributed by atoms with Crippen molar-refractivity contribution < 1.29 is 22.4 Å². The maximum absolute atomic E-state index is 14.3. The van der Waals surface area contributed by atoms with Crippen LogP contribution in [-0.4, -0.2) is 55.6 Å². The molecule has 2 amide bonds. The van der Waals surface area contributed by atoms with Crippen LogP contribution in [0.25, 0.3) is 10.8 Å². The molecule has 9 heteroatoms. The normalized spacial score (nSPS) is 12.5. The summed E-state index contributed by atoms with van der Waals surface area (Å²) in [7, 11) is -2.68. The van der Waals surface area contributed by atoms with Crippen molar-refractivity contribution in [2.24, 2.45) is 0 Å². The molecule has 0 fully saturated rings. The third-order valence-electron chi connectivity index (χ3n) is 5.60. The Morgan fingerprint density at radius 2 is 1.65 bits per heavy atom. The SMILES string of the molecule is CCNC(=O)[C@H](C)N(Cc1ccccc1F)C(=O)CN(C)S(=O)(=O)c1ccc2ccccc2c1. The number of benzene rings is 3. The Morgan fingerprint density at radius 1 is 1.00 bits per heavy atom. The molecule has 0 unspecified atom stereocenters. The van der Waals surface area contributed by atoms with Gasteiger partial charge in [0.25, 0.3) is 0 Å². The van der Waals surface area contributed by atoms with E-state index in [2.05, 4.69) is 5.32 Å². The highest BCUT2D eigenvalue weighted by Crippen LogP contribution is 2.22. The van der Waals surface area contributed by atoms with Crippen LogP contribution >= 0.6 is 0 Å². The van der Waals surface area contributed by atoms with Crippen LogP contribution in [0.2, 0.25) is 0 Å². The highest BCUT2D eigenvalue weighted by molar-refractivity contribution is 7.89. The van der Waals surface area contributed by atoms with E-state index in [-0.39, 0.29) is 17.0 Å². The smallest absolute Gasteiger partial charge is 0.243 e. The molecule has 180 valence electrons. The highest BCUT2D eigenvalue weighted by Gasteiger charge is 2.30.